The summed E-state index contributed by atoms with van der Waals surface area (Å²) in [6.45, 7) is 5.34. The molecular weight excluding hydrogens is 348 g/mol. The van der Waals surface area contributed by atoms with Crippen molar-refractivity contribution in [3.63, 3.8) is 0 Å². The van der Waals surface area contributed by atoms with Gasteiger partial charge in [-0.3, -0.25) is 9.89 Å². The number of allylic oxidation sites excluding steroid dienone is 1. The lowest BCUT2D eigenvalue weighted by Gasteiger charge is -2.16. The Hall–Kier alpha value is -3.00. The van der Waals surface area contributed by atoms with Gasteiger partial charge in [-0.05, 0) is 44.7 Å². The van der Waals surface area contributed by atoms with Crippen LogP contribution in [0.5, 0.6) is 0 Å². The lowest BCUT2D eigenvalue weighted by Crippen LogP contribution is -2.26. The number of aromatic nitrogens is 2. The standard InChI is InChI=1S/C18H22N6OS/c1-9-4-5-13-12(8-22-24-13)15(9)17(16(20)10(2)18(21)25)23-11(3)14(26)6-7-19/h4-8,10H,19-20H2,1-3H3,(H2,21,25)(H,22,24)/b7-6-,17-16+,23-11?. The zero-order valence-electron chi connectivity index (χ0n) is 14.9. The Balaban J connectivity index is 2.80. The fraction of sp³-hybridized carbons (Fsp3) is 0.222. The molecular formula is C18H22N6OS. The van der Waals surface area contributed by atoms with Crippen LogP contribution in [0.2, 0.25) is 0 Å². The Bertz CT molecular complexity index is 954. The van der Waals surface area contributed by atoms with Crippen molar-refractivity contribution in [1.82, 2.24) is 10.2 Å². The van der Waals surface area contributed by atoms with Crippen LogP contribution < -0.4 is 17.2 Å². The number of benzene rings is 1. The number of primary amides is 1. The summed E-state index contributed by atoms with van der Waals surface area (Å²) in [6.07, 6.45) is 4.62. The summed E-state index contributed by atoms with van der Waals surface area (Å²) in [6, 6.07) is 3.85. The largest absolute Gasteiger partial charge is 0.405 e. The van der Waals surface area contributed by atoms with Crippen LogP contribution in [0.1, 0.15) is 25.0 Å². The molecule has 0 aliphatic rings. The van der Waals surface area contributed by atoms with Crippen molar-refractivity contribution in [1.29, 1.82) is 0 Å². The molecule has 0 fully saturated rings. The number of carbonyl (C=O) groups excluding carboxylic acids is 1. The van der Waals surface area contributed by atoms with Gasteiger partial charge in [0, 0.05) is 16.6 Å². The zero-order valence-corrected chi connectivity index (χ0v) is 15.7. The van der Waals surface area contributed by atoms with Gasteiger partial charge in [0.1, 0.15) is 0 Å². The molecule has 0 aliphatic heterocycles. The second-order valence-corrected chi connectivity index (χ2v) is 6.38. The zero-order chi connectivity index (χ0) is 19.4. The topological polar surface area (TPSA) is 136 Å². The van der Waals surface area contributed by atoms with Gasteiger partial charge in [-0.15, -0.1) is 0 Å². The fourth-order valence-electron chi connectivity index (χ4n) is 2.49. The maximum atomic E-state index is 11.7. The van der Waals surface area contributed by atoms with Crippen molar-refractivity contribution in [2.24, 2.45) is 28.1 Å². The summed E-state index contributed by atoms with van der Waals surface area (Å²) >= 11 is 5.29. The van der Waals surface area contributed by atoms with E-state index in [1.165, 1.54) is 6.20 Å². The summed E-state index contributed by atoms with van der Waals surface area (Å²) < 4.78 is 0. The molecule has 0 saturated carbocycles. The van der Waals surface area contributed by atoms with E-state index < -0.39 is 11.8 Å². The molecule has 1 aromatic heterocycles. The van der Waals surface area contributed by atoms with Crippen LogP contribution in [0.15, 0.2) is 41.3 Å². The maximum absolute atomic E-state index is 11.7. The summed E-state index contributed by atoms with van der Waals surface area (Å²) in [5, 5.41) is 7.85. The second-order valence-electron chi connectivity index (χ2n) is 5.94. The number of nitrogens with one attached hydrogen (secondary N) is 1. The average Bonchev–Trinajstić information content (AvgIpc) is 3.07. The number of hydrogen-bond acceptors (Lipinski definition) is 6. The van der Waals surface area contributed by atoms with Crippen molar-refractivity contribution >= 4 is 45.3 Å². The Labute approximate surface area is 157 Å². The van der Waals surface area contributed by atoms with Gasteiger partial charge in [0.05, 0.1) is 33.9 Å². The number of amides is 1. The SMILES string of the molecule is CC(=N/C(=C(/N)C(C)C(N)=O)c1c(C)ccc2[nH]ncc12)C(=S)/C=C\N. The number of rotatable bonds is 6. The van der Waals surface area contributed by atoms with Crippen LogP contribution in [0.25, 0.3) is 16.6 Å². The number of nitrogens with zero attached hydrogens (tertiary/aromatic N) is 2. The van der Waals surface area contributed by atoms with Crippen LogP contribution in [-0.2, 0) is 4.79 Å². The van der Waals surface area contributed by atoms with Crippen LogP contribution >= 0.6 is 12.2 Å². The number of H-pyrrole nitrogens is 1. The first kappa shape index (κ1) is 19.3. The third-order valence-electron chi connectivity index (χ3n) is 4.12. The van der Waals surface area contributed by atoms with E-state index in [0.717, 1.165) is 22.0 Å². The number of aliphatic imine (C=N–C) groups is 1. The van der Waals surface area contributed by atoms with Crippen molar-refractivity contribution < 1.29 is 4.79 Å². The summed E-state index contributed by atoms with van der Waals surface area (Å²) in [4.78, 5) is 16.8. The van der Waals surface area contributed by atoms with Crippen molar-refractivity contribution in [2.45, 2.75) is 20.8 Å². The molecule has 2 rings (SSSR count). The number of nitrogens with two attached hydrogens (primary N) is 3. The second kappa shape index (κ2) is 7.92. The van der Waals surface area contributed by atoms with E-state index in [0.29, 0.717) is 16.3 Å². The third kappa shape index (κ3) is 3.80. The normalized spacial score (nSPS) is 14.5. The molecule has 136 valence electrons. The van der Waals surface area contributed by atoms with E-state index in [4.69, 9.17) is 29.4 Å². The summed E-state index contributed by atoms with van der Waals surface area (Å²) in [5.74, 6) is -1.23. The van der Waals surface area contributed by atoms with Gasteiger partial charge in [0.2, 0.25) is 5.91 Å². The van der Waals surface area contributed by atoms with Crippen LogP contribution in [0.4, 0.5) is 0 Å². The molecule has 26 heavy (non-hydrogen) atoms. The smallest absolute Gasteiger partial charge is 0.226 e. The predicted molar refractivity (Wildman–Crippen MR) is 109 cm³/mol. The summed E-state index contributed by atoms with van der Waals surface area (Å²) in [7, 11) is 0. The third-order valence-corrected chi connectivity index (χ3v) is 4.55. The molecule has 7 nitrogen and oxygen atoms in total. The molecule has 0 aliphatic carbocycles. The first-order valence-electron chi connectivity index (χ1n) is 7.97. The number of hydrogen-bond donors (Lipinski definition) is 4. The molecule has 7 N–H and O–H groups in total. The fourth-order valence-corrected chi connectivity index (χ4v) is 2.62. The van der Waals surface area contributed by atoms with Gasteiger partial charge in [-0.2, -0.15) is 5.10 Å². The van der Waals surface area contributed by atoms with Crippen molar-refractivity contribution in [3.05, 3.63) is 47.4 Å². The monoisotopic (exact) mass is 370 g/mol. The Kier molecular flexibility index (Phi) is 5.89. The van der Waals surface area contributed by atoms with E-state index in [2.05, 4.69) is 15.2 Å². The molecule has 1 heterocycles. The number of fused-ring (bicyclic) bond motifs is 1. The molecule has 0 bridgehead atoms. The highest BCUT2D eigenvalue weighted by atomic mass is 32.1. The molecule has 1 unspecified atom stereocenters. The van der Waals surface area contributed by atoms with Crippen molar-refractivity contribution in [3.8, 4) is 0 Å². The van der Waals surface area contributed by atoms with E-state index in [9.17, 15) is 4.79 Å². The van der Waals surface area contributed by atoms with E-state index in [1.807, 2.05) is 19.1 Å². The lowest BCUT2D eigenvalue weighted by atomic mass is 9.96. The van der Waals surface area contributed by atoms with Gasteiger partial charge in [0.25, 0.3) is 0 Å². The molecule has 1 amide bonds. The minimum absolute atomic E-state index is 0.271. The highest BCUT2D eigenvalue weighted by Crippen LogP contribution is 2.31. The first-order valence-corrected chi connectivity index (χ1v) is 8.38. The molecule has 0 spiro atoms. The molecule has 8 heteroatoms. The van der Waals surface area contributed by atoms with Gasteiger partial charge in [0.15, 0.2) is 0 Å². The first-order chi connectivity index (χ1) is 12.3. The quantitative estimate of drug-likeness (QED) is 0.350. The summed E-state index contributed by atoms with van der Waals surface area (Å²) in [5.41, 5.74) is 21.0. The van der Waals surface area contributed by atoms with E-state index in [1.54, 1.807) is 26.1 Å². The van der Waals surface area contributed by atoms with Gasteiger partial charge in [-0.1, -0.05) is 18.3 Å². The van der Waals surface area contributed by atoms with E-state index >= 15 is 0 Å². The maximum Gasteiger partial charge on any atom is 0.226 e. The number of aryl methyl sites for hydroxylation is 1. The van der Waals surface area contributed by atoms with Gasteiger partial charge >= 0.3 is 0 Å². The molecule has 1 aromatic carbocycles. The Morgan fingerprint density at radius 3 is 2.69 bits per heavy atom. The van der Waals surface area contributed by atoms with Crippen LogP contribution in [-0.4, -0.2) is 26.7 Å². The molecule has 0 saturated heterocycles. The predicted octanol–water partition coefficient (Wildman–Crippen LogP) is 1.92. The number of thiocarbonyl (C=S) groups is 1. The minimum atomic E-state index is -0.693. The highest BCUT2D eigenvalue weighted by molar-refractivity contribution is 7.82. The number of carbonyl (C=O) groups is 1. The highest BCUT2D eigenvalue weighted by Gasteiger charge is 2.21. The number of aromatic amines is 1. The average molecular weight is 370 g/mol. The lowest BCUT2D eigenvalue weighted by molar-refractivity contribution is -0.120. The van der Waals surface area contributed by atoms with E-state index in [-0.39, 0.29) is 5.70 Å². The minimum Gasteiger partial charge on any atom is -0.405 e. The molecule has 1 atom stereocenters. The Morgan fingerprint density at radius 2 is 2.08 bits per heavy atom. The van der Waals surface area contributed by atoms with Gasteiger partial charge < -0.3 is 17.2 Å². The van der Waals surface area contributed by atoms with Crippen LogP contribution in [0.3, 0.4) is 0 Å². The van der Waals surface area contributed by atoms with Gasteiger partial charge in [-0.25, -0.2) is 4.99 Å². The molecule has 0 radical (unpaired) electrons. The molecule has 2 aromatic rings. The van der Waals surface area contributed by atoms with Crippen LogP contribution in [0, 0.1) is 12.8 Å². The Morgan fingerprint density at radius 1 is 1.38 bits per heavy atom. The van der Waals surface area contributed by atoms with Crippen molar-refractivity contribution in [2.75, 3.05) is 0 Å².